The van der Waals surface area contributed by atoms with Gasteiger partial charge >= 0.3 is 0 Å². The molecule has 0 spiro atoms. The summed E-state index contributed by atoms with van der Waals surface area (Å²) in [4.78, 5) is 4.56. The first-order valence-corrected chi connectivity index (χ1v) is 17.1. The quantitative estimate of drug-likeness (QED) is 0.159. The van der Waals surface area contributed by atoms with Gasteiger partial charge < -0.3 is 0 Å². The Morgan fingerprint density at radius 3 is 1.62 bits per heavy atom. The Morgan fingerprint density at radius 1 is 0.509 bits per heavy atom. The second-order valence-electron chi connectivity index (χ2n) is 12.7. The fourth-order valence-electron chi connectivity index (χ4n) is 7.63. The van der Waals surface area contributed by atoms with Gasteiger partial charge in [0.1, 0.15) is 5.82 Å². The lowest BCUT2D eigenvalue weighted by Crippen LogP contribution is -2.01. The number of hydrogen-bond donors (Lipinski definition) is 0. The lowest BCUT2D eigenvalue weighted by Gasteiger charge is -2.21. The standard InChI is InChI=1S/C51H36N2/c1-2-49-52-46-27-15-16-28-48(46)53(49)47-30-29-45(39-21-9-10-22-40(39)47)51-43-25-13-11-23-41(43)50(42-24-12-14-26-44(42)51)38-32-36(34-17-5-3-6-18-34)31-37(33-38)35-19-7-4-8-20-35/h3-33H,2H2,1H3/i1D3,2D2,3D,4D,5D,6D,7D,8D,17D,18D,19D,20D. The maximum absolute atomic E-state index is 8.95. The average molecular weight is 692 g/mol. The van der Waals surface area contributed by atoms with E-state index in [1.807, 2.05) is 84.9 Å². The molecule has 0 N–H and O–H groups in total. The maximum atomic E-state index is 8.95. The summed E-state index contributed by atoms with van der Waals surface area (Å²) in [6.45, 7) is -3.04. The Hall–Kier alpha value is -6.77. The van der Waals surface area contributed by atoms with E-state index in [0.717, 1.165) is 38.1 Å². The lowest BCUT2D eigenvalue weighted by molar-refractivity contribution is 0.913. The normalized spacial score (nSPS) is 16.1. The van der Waals surface area contributed by atoms with Crippen LogP contribution in [0.15, 0.2) is 188 Å². The molecule has 2 heteroatoms. The Bertz CT molecular complexity index is 3580. The molecule has 10 aromatic rings. The summed E-state index contributed by atoms with van der Waals surface area (Å²) in [6, 6.07) is 33.5. The van der Waals surface area contributed by atoms with E-state index in [4.69, 9.17) is 20.6 Å². The van der Waals surface area contributed by atoms with Gasteiger partial charge in [-0.05, 0) is 108 Å². The maximum Gasteiger partial charge on any atom is 0.114 e. The van der Waals surface area contributed by atoms with Crippen LogP contribution in [-0.4, -0.2) is 9.55 Å². The minimum atomic E-state index is -3.04. The highest BCUT2D eigenvalue weighted by molar-refractivity contribution is 6.24. The first-order chi connectivity index (χ1) is 32.3. The number of rotatable bonds is 6. The van der Waals surface area contributed by atoms with Crippen molar-refractivity contribution in [1.29, 1.82) is 0 Å². The number of para-hydroxylation sites is 2. The fraction of sp³-hybridized carbons (Fsp3) is 0.0392. The average Bonchev–Trinajstić information content (AvgIpc) is 3.73. The van der Waals surface area contributed by atoms with Crippen molar-refractivity contribution in [3.8, 4) is 50.2 Å². The van der Waals surface area contributed by atoms with Gasteiger partial charge in [0.05, 0.1) is 30.4 Å². The number of hydrogen-bond acceptors (Lipinski definition) is 1. The van der Waals surface area contributed by atoms with Gasteiger partial charge in [0.25, 0.3) is 0 Å². The molecule has 0 saturated carbocycles. The summed E-state index contributed by atoms with van der Waals surface area (Å²) in [5.41, 5.74) is 4.39. The molecule has 0 aliphatic rings. The second kappa shape index (κ2) is 12.8. The first kappa shape index (κ1) is 19.2. The van der Waals surface area contributed by atoms with E-state index >= 15 is 0 Å². The SMILES string of the molecule is [2H]c1c([2H])c([2H])c(-c2cc(-c3c([2H])c([2H])c([2H])c([2H])c3[2H])cc(-c3c4ccccc4c(-c4ccc(-n5c(C([2H])([2H])C([2H])([2H])[2H])nc6ccccc65)c5ccccc45)c4ccccc34)c2)c([2H])c1[2H]. The van der Waals surface area contributed by atoms with Crippen LogP contribution in [0.5, 0.6) is 0 Å². The number of fused-ring (bicyclic) bond motifs is 4. The summed E-state index contributed by atoms with van der Waals surface area (Å²) >= 11 is 0. The number of benzene rings is 9. The topological polar surface area (TPSA) is 17.8 Å². The van der Waals surface area contributed by atoms with Crippen molar-refractivity contribution in [3.63, 3.8) is 0 Å². The van der Waals surface area contributed by atoms with E-state index in [2.05, 4.69) is 4.98 Å². The van der Waals surface area contributed by atoms with Gasteiger partial charge in [-0.2, -0.15) is 0 Å². The highest BCUT2D eigenvalue weighted by Crippen LogP contribution is 2.47. The van der Waals surface area contributed by atoms with Crippen molar-refractivity contribution in [2.45, 2.75) is 13.2 Å². The number of aromatic nitrogens is 2. The molecule has 0 bridgehead atoms. The molecule has 1 aromatic heterocycles. The highest BCUT2D eigenvalue weighted by atomic mass is 15.1. The Balaban J connectivity index is 1.29. The molecule has 1 heterocycles. The van der Waals surface area contributed by atoms with Crippen LogP contribution < -0.4 is 0 Å². The molecule has 10 rings (SSSR count). The van der Waals surface area contributed by atoms with E-state index in [1.54, 1.807) is 41.0 Å². The largest absolute Gasteiger partial charge is 0.296 e. The van der Waals surface area contributed by atoms with E-state index in [0.29, 0.717) is 33.2 Å². The van der Waals surface area contributed by atoms with Crippen LogP contribution >= 0.6 is 0 Å². The number of nitrogens with zero attached hydrogens (tertiary/aromatic N) is 2. The monoisotopic (exact) mass is 691 g/mol. The Morgan fingerprint density at radius 2 is 1.02 bits per heavy atom. The molecule has 0 unspecified atom stereocenters. The summed E-state index contributed by atoms with van der Waals surface area (Å²) < 4.78 is 130. The van der Waals surface area contributed by atoms with Crippen LogP contribution in [-0.2, 0) is 6.37 Å². The molecule has 2 nitrogen and oxygen atoms in total. The number of aryl methyl sites for hydroxylation is 1. The van der Waals surface area contributed by atoms with Crippen molar-refractivity contribution in [3.05, 3.63) is 194 Å². The predicted octanol–water partition coefficient (Wildman–Crippen LogP) is 13.7. The van der Waals surface area contributed by atoms with Gasteiger partial charge in [-0.25, -0.2) is 4.98 Å². The number of imidazole rings is 1. The molecular weight excluding hydrogens is 641 g/mol. The second-order valence-corrected chi connectivity index (χ2v) is 12.7. The molecule has 0 aliphatic carbocycles. The zero-order valence-electron chi connectivity index (χ0n) is 43.0. The van der Waals surface area contributed by atoms with Gasteiger partial charge in [0, 0.05) is 18.6 Å². The van der Waals surface area contributed by atoms with E-state index < -0.39 is 73.6 Å². The molecule has 0 amide bonds. The molecule has 250 valence electrons. The van der Waals surface area contributed by atoms with Crippen LogP contribution in [0.3, 0.4) is 0 Å². The molecule has 0 fully saturated rings. The third-order valence-electron chi connectivity index (χ3n) is 9.81. The Kier molecular flexibility index (Phi) is 4.62. The molecule has 0 saturated heterocycles. The third-order valence-corrected chi connectivity index (χ3v) is 9.81. The van der Waals surface area contributed by atoms with Crippen LogP contribution in [0.4, 0.5) is 0 Å². The summed E-state index contributed by atoms with van der Waals surface area (Å²) in [5.74, 6) is -0.259. The third kappa shape index (κ3) is 5.14. The smallest absolute Gasteiger partial charge is 0.114 e. The first-order valence-electron chi connectivity index (χ1n) is 24.6. The van der Waals surface area contributed by atoms with Crippen molar-refractivity contribution >= 4 is 43.4 Å². The van der Waals surface area contributed by atoms with Crippen LogP contribution in [0, 0.1) is 0 Å². The molecule has 0 atom stereocenters. The van der Waals surface area contributed by atoms with Crippen molar-refractivity contribution in [1.82, 2.24) is 9.55 Å². The van der Waals surface area contributed by atoms with E-state index in [-0.39, 0.29) is 28.1 Å². The van der Waals surface area contributed by atoms with Crippen molar-refractivity contribution < 1.29 is 20.6 Å². The minimum absolute atomic E-state index is 0.121. The van der Waals surface area contributed by atoms with Crippen LogP contribution in [0.2, 0.25) is 0 Å². The molecule has 0 radical (unpaired) electrons. The van der Waals surface area contributed by atoms with Gasteiger partial charge in [0.15, 0.2) is 0 Å². The molecule has 0 aliphatic heterocycles. The predicted molar refractivity (Wildman–Crippen MR) is 225 cm³/mol. The van der Waals surface area contributed by atoms with Crippen molar-refractivity contribution in [2.24, 2.45) is 0 Å². The van der Waals surface area contributed by atoms with E-state index in [1.165, 1.54) is 6.07 Å². The zero-order valence-corrected chi connectivity index (χ0v) is 28.0. The highest BCUT2D eigenvalue weighted by Gasteiger charge is 2.21. The Labute approximate surface area is 330 Å². The zero-order chi connectivity index (χ0) is 48.3. The minimum Gasteiger partial charge on any atom is -0.296 e. The van der Waals surface area contributed by atoms with E-state index in [9.17, 15) is 0 Å². The molecule has 9 aromatic carbocycles. The fourth-order valence-corrected chi connectivity index (χ4v) is 7.63. The van der Waals surface area contributed by atoms with Gasteiger partial charge in [-0.1, -0.05) is 158 Å². The lowest BCUT2D eigenvalue weighted by atomic mass is 9.83. The molecular formula is C51H36N2. The van der Waals surface area contributed by atoms with Crippen LogP contribution in [0.25, 0.3) is 93.5 Å². The van der Waals surface area contributed by atoms with Crippen molar-refractivity contribution in [2.75, 3.05) is 0 Å². The van der Waals surface area contributed by atoms with Gasteiger partial charge in [-0.15, -0.1) is 0 Å². The summed E-state index contributed by atoms with van der Waals surface area (Å²) in [7, 11) is 0. The van der Waals surface area contributed by atoms with Crippen LogP contribution in [0.1, 0.15) is 33.2 Å². The molecule has 53 heavy (non-hydrogen) atoms. The summed E-state index contributed by atoms with van der Waals surface area (Å²) in [6.07, 6.45) is -2.82. The summed E-state index contributed by atoms with van der Waals surface area (Å²) in [5, 5.41) is 4.55. The van der Waals surface area contributed by atoms with Gasteiger partial charge in [-0.3, -0.25) is 4.57 Å². The van der Waals surface area contributed by atoms with Gasteiger partial charge in [0.2, 0.25) is 0 Å².